The Bertz CT molecular complexity index is 381. The maximum atomic E-state index is 11.5. The lowest BCUT2D eigenvalue weighted by molar-refractivity contribution is -0.127. The second-order valence-electron chi connectivity index (χ2n) is 3.80. The molecule has 1 rings (SSSR count). The number of benzene rings is 1. The Hall–Kier alpha value is -1.61. The van der Waals surface area contributed by atoms with Gasteiger partial charge in [-0.3, -0.25) is 4.79 Å². The Kier molecular flexibility index (Phi) is 4.91. The number of carbonyl (C=O) groups is 1. The lowest BCUT2D eigenvalue weighted by Crippen LogP contribution is -2.26. The number of hydrogen-bond donors (Lipinski definition) is 1. The summed E-state index contributed by atoms with van der Waals surface area (Å²) in [4.78, 5) is 11.5. The van der Waals surface area contributed by atoms with Crippen molar-refractivity contribution < 1.29 is 14.6 Å². The summed E-state index contributed by atoms with van der Waals surface area (Å²) in [6, 6.07) is 7.26. The summed E-state index contributed by atoms with van der Waals surface area (Å²) in [5.74, 6) is 0.201. The summed E-state index contributed by atoms with van der Waals surface area (Å²) in [5.41, 5.74) is 0.857. The third kappa shape index (κ3) is 3.17. The second-order valence-corrected chi connectivity index (χ2v) is 3.80. The molecule has 0 fully saturated rings. The van der Waals surface area contributed by atoms with Gasteiger partial charge < -0.3 is 9.84 Å². The van der Waals surface area contributed by atoms with Crippen LogP contribution in [0.25, 0.3) is 0 Å². The molecule has 92 valence electrons. The van der Waals surface area contributed by atoms with E-state index in [0.29, 0.717) is 6.42 Å². The zero-order valence-electron chi connectivity index (χ0n) is 10.2. The number of methoxy groups -OCH3 is 1. The molecule has 0 bridgehead atoms. The van der Waals surface area contributed by atoms with Gasteiger partial charge in [-0.25, -0.2) is 0 Å². The van der Waals surface area contributed by atoms with Crippen LogP contribution in [0.4, 0.5) is 0 Å². The van der Waals surface area contributed by atoms with Crippen LogP contribution in [0.3, 0.4) is 0 Å². The summed E-state index contributed by atoms with van der Waals surface area (Å²) in [6.45, 7) is 5.41. The fourth-order valence-electron chi connectivity index (χ4n) is 1.68. The van der Waals surface area contributed by atoms with E-state index < -0.39 is 6.10 Å². The molecule has 0 saturated heterocycles. The molecule has 0 aliphatic heterocycles. The highest BCUT2D eigenvalue weighted by atomic mass is 16.5. The molecule has 17 heavy (non-hydrogen) atoms. The smallest absolute Gasteiger partial charge is 0.161 e. The van der Waals surface area contributed by atoms with E-state index in [9.17, 15) is 9.90 Å². The first-order valence-electron chi connectivity index (χ1n) is 5.61. The van der Waals surface area contributed by atoms with Crippen molar-refractivity contribution in [2.45, 2.75) is 25.4 Å². The lowest BCUT2D eigenvalue weighted by Gasteiger charge is -2.18. The average molecular weight is 234 g/mol. The van der Waals surface area contributed by atoms with Crippen LogP contribution < -0.4 is 4.74 Å². The minimum absolute atomic E-state index is 0.175. The van der Waals surface area contributed by atoms with Gasteiger partial charge >= 0.3 is 0 Å². The van der Waals surface area contributed by atoms with Gasteiger partial charge in [-0.1, -0.05) is 25.1 Å². The number of aliphatic hydroxyl groups excluding tert-OH is 1. The van der Waals surface area contributed by atoms with Crippen molar-refractivity contribution in [3.63, 3.8) is 0 Å². The fraction of sp³-hybridized carbons (Fsp3) is 0.357. The molecule has 0 heterocycles. The van der Waals surface area contributed by atoms with Gasteiger partial charge in [0, 0.05) is 12.3 Å². The third-order valence-electron chi connectivity index (χ3n) is 2.77. The summed E-state index contributed by atoms with van der Waals surface area (Å²) >= 11 is 0. The number of hydrogen-bond acceptors (Lipinski definition) is 3. The molecule has 3 nitrogen and oxygen atoms in total. The van der Waals surface area contributed by atoms with E-state index in [-0.39, 0.29) is 11.7 Å². The molecule has 0 amide bonds. The first kappa shape index (κ1) is 13.5. The maximum Gasteiger partial charge on any atom is 0.161 e. The van der Waals surface area contributed by atoms with Crippen molar-refractivity contribution in [1.29, 1.82) is 0 Å². The van der Waals surface area contributed by atoms with Gasteiger partial charge in [0.2, 0.25) is 0 Å². The van der Waals surface area contributed by atoms with E-state index in [4.69, 9.17) is 4.74 Å². The van der Waals surface area contributed by atoms with Gasteiger partial charge in [0.15, 0.2) is 5.78 Å². The monoisotopic (exact) mass is 234 g/mol. The second kappa shape index (κ2) is 6.21. The molecular weight excluding hydrogens is 216 g/mol. The topological polar surface area (TPSA) is 46.5 Å². The van der Waals surface area contributed by atoms with E-state index in [2.05, 4.69) is 6.58 Å². The normalized spacial score (nSPS) is 13.8. The van der Waals surface area contributed by atoms with Crippen LogP contribution in [-0.4, -0.2) is 24.1 Å². The Morgan fingerprint density at radius 1 is 1.47 bits per heavy atom. The van der Waals surface area contributed by atoms with Gasteiger partial charge in [0.05, 0.1) is 7.11 Å². The molecule has 0 saturated carbocycles. The summed E-state index contributed by atoms with van der Waals surface area (Å²) in [7, 11) is 1.59. The number of aliphatic hydroxyl groups is 1. The summed E-state index contributed by atoms with van der Waals surface area (Å²) in [5, 5.41) is 9.91. The lowest BCUT2D eigenvalue weighted by atomic mass is 9.90. The average Bonchev–Trinajstić information content (AvgIpc) is 2.39. The van der Waals surface area contributed by atoms with E-state index in [0.717, 1.165) is 11.3 Å². The molecule has 0 unspecified atom stereocenters. The minimum Gasteiger partial charge on any atom is -0.497 e. The van der Waals surface area contributed by atoms with Crippen molar-refractivity contribution in [2.75, 3.05) is 7.11 Å². The molecular formula is C14H18O3. The Morgan fingerprint density at radius 3 is 2.47 bits per heavy atom. The highest BCUT2D eigenvalue weighted by Gasteiger charge is 2.23. The number of rotatable bonds is 6. The zero-order valence-corrected chi connectivity index (χ0v) is 10.2. The van der Waals surface area contributed by atoms with E-state index in [1.807, 2.05) is 12.1 Å². The molecule has 0 aliphatic rings. The van der Waals surface area contributed by atoms with Gasteiger partial charge in [0.25, 0.3) is 0 Å². The molecule has 2 atom stereocenters. The van der Waals surface area contributed by atoms with E-state index in [1.54, 1.807) is 32.2 Å². The Balaban J connectivity index is 2.92. The van der Waals surface area contributed by atoms with Crippen LogP contribution in [0, 0.1) is 0 Å². The molecule has 0 aliphatic carbocycles. The third-order valence-corrected chi connectivity index (χ3v) is 2.77. The zero-order chi connectivity index (χ0) is 12.8. The Morgan fingerprint density at radius 2 is 2.06 bits per heavy atom. The largest absolute Gasteiger partial charge is 0.497 e. The van der Waals surface area contributed by atoms with E-state index in [1.165, 1.54) is 0 Å². The van der Waals surface area contributed by atoms with Crippen LogP contribution in [-0.2, 0) is 4.79 Å². The standard InChI is InChI=1S/C14H18O3/c1-4-12(14(16)13(15)5-2)10-6-8-11(17-3)9-7-10/h4,6-9,12,14,16H,1,5H2,2-3H3/t12-,14-/m1/s1. The number of ketones is 1. The first-order valence-corrected chi connectivity index (χ1v) is 5.61. The maximum absolute atomic E-state index is 11.5. The van der Waals surface area contributed by atoms with E-state index >= 15 is 0 Å². The van der Waals surface area contributed by atoms with Crippen molar-refractivity contribution in [3.05, 3.63) is 42.5 Å². The highest BCUT2D eigenvalue weighted by molar-refractivity contribution is 5.83. The Labute approximate surface area is 102 Å². The van der Waals surface area contributed by atoms with Gasteiger partial charge in [-0.05, 0) is 17.7 Å². The fourth-order valence-corrected chi connectivity index (χ4v) is 1.68. The van der Waals surface area contributed by atoms with Crippen molar-refractivity contribution >= 4 is 5.78 Å². The molecule has 0 aromatic heterocycles. The summed E-state index contributed by atoms with van der Waals surface area (Å²) in [6.07, 6.45) is 0.896. The van der Waals surface area contributed by atoms with Crippen LogP contribution in [0.15, 0.2) is 36.9 Å². The van der Waals surface area contributed by atoms with Gasteiger partial charge in [-0.2, -0.15) is 0 Å². The molecule has 1 aromatic carbocycles. The minimum atomic E-state index is -1.02. The van der Waals surface area contributed by atoms with Crippen LogP contribution in [0.2, 0.25) is 0 Å². The van der Waals surface area contributed by atoms with Gasteiger partial charge in [-0.15, -0.1) is 6.58 Å². The van der Waals surface area contributed by atoms with Crippen LogP contribution in [0.5, 0.6) is 5.75 Å². The SMILES string of the molecule is C=C[C@H](c1ccc(OC)cc1)[C@@H](O)C(=O)CC. The number of ether oxygens (including phenoxy) is 1. The van der Waals surface area contributed by atoms with Crippen LogP contribution >= 0.6 is 0 Å². The summed E-state index contributed by atoms with van der Waals surface area (Å²) < 4.78 is 5.06. The van der Waals surface area contributed by atoms with Crippen molar-refractivity contribution in [3.8, 4) is 5.75 Å². The van der Waals surface area contributed by atoms with Crippen molar-refractivity contribution in [2.24, 2.45) is 0 Å². The van der Waals surface area contributed by atoms with Crippen LogP contribution in [0.1, 0.15) is 24.8 Å². The number of Topliss-reactive ketones (excluding diaryl/α,β-unsaturated/α-hetero) is 1. The molecule has 0 radical (unpaired) electrons. The quantitative estimate of drug-likeness (QED) is 0.768. The predicted octanol–water partition coefficient (Wildman–Crippen LogP) is 2.30. The molecule has 0 spiro atoms. The molecule has 3 heteroatoms. The molecule has 1 N–H and O–H groups in total. The highest BCUT2D eigenvalue weighted by Crippen LogP contribution is 2.24. The van der Waals surface area contributed by atoms with Crippen molar-refractivity contribution in [1.82, 2.24) is 0 Å². The first-order chi connectivity index (χ1) is 8.13. The molecule has 1 aromatic rings. The van der Waals surface area contributed by atoms with Gasteiger partial charge in [0.1, 0.15) is 11.9 Å². The predicted molar refractivity (Wildman–Crippen MR) is 67.2 cm³/mol. The number of carbonyl (C=O) groups excluding carboxylic acids is 1.